The first kappa shape index (κ1) is 20.8. The highest BCUT2D eigenvalue weighted by Crippen LogP contribution is 2.37. The Morgan fingerprint density at radius 3 is 2.41 bits per heavy atom. The van der Waals surface area contributed by atoms with Gasteiger partial charge in [-0.1, -0.05) is 36.4 Å². The first-order chi connectivity index (χ1) is 12.8. The summed E-state index contributed by atoms with van der Waals surface area (Å²) >= 11 is 0. The molecule has 1 heterocycles. The van der Waals surface area contributed by atoms with E-state index in [1.54, 1.807) is 6.92 Å². The largest absolute Gasteiger partial charge is 0.330 e. The Bertz CT molecular complexity index is 727. The van der Waals surface area contributed by atoms with Gasteiger partial charge in [-0.05, 0) is 57.1 Å². The number of hydrogen-bond donors (Lipinski definition) is 2. The van der Waals surface area contributed by atoms with Gasteiger partial charge in [0.15, 0.2) is 0 Å². The van der Waals surface area contributed by atoms with Crippen LogP contribution in [0.4, 0.5) is 4.79 Å². The lowest BCUT2D eigenvalue weighted by Crippen LogP contribution is -2.62. The summed E-state index contributed by atoms with van der Waals surface area (Å²) in [7, 11) is 1.39. The molecule has 0 radical (unpaired) electrons. The first-order valence-corrected chi connectivity index (χ1v) is 9.39. The number of urea groups is 1. The molecule has 1 aliphatic heterocycles. The molecule has 6 heteroatoms. The molecule has 0 saturated carbocycles. The van der Waals surface area contributed by atoms with Crippen molar-refractivity contribution < 1.29 is 14.4 Å². The van der Waals surface area contributed by atoms with Crippen LogP contribution in [0.1, 0.15) is 45.1 Å². The highest BCUT2D eigenvalue weighted by atomic mass is 16.2. The van der Waals surface area contributed by atoms with Gasteiger partial charge in [-0.2, -0.15) is 0 Å². The molecule has 1 fully saturated rings. The average molecular weight is 371 g/mol. The molecular formula is C21H29N3O3. The predicted molar refractivity (Wildman–Crippen MR) is 105 cm³/mol. The molecule has 146 valence electrons. The zero-order chi connectivity index (χ0) is 20.0. The molecule has 0 aromatic heterocycles. The summed E-state index contributed by atoms with van der Waals surface area (Å²) in [6.45, 7) is 3.62. The molecule has 3 N–H and O–H groups in total. The minimum absolute atomic E-state index is 0.266. The van der Waals surface area contributed by atoms with E-state index in [0.29, 0.717) is 0 Å². The van der Waals surface area contributed by atoms with E-state index in [4.69, 9.17) is 5.73 Å². The van der Waals surface area contributed by atoms with Gasteiger partial charge in [0.25, 0.3) is 0 Å². The number of nitrogens with two attached hydrogens (primary N) is 1. The fraction of sp³-hybridized carbons (Fsp3) is 0.476. The van der Waals surface area contributed by atoms with Crippen molar-refractivity contribution in [2.75, 3.05) is 7.05 Å². The third-order valence-electron chi connectivity index (χ3n) is 5.05. The lowest BCUT2D eigenvalue weighted by molar-refractivity contribution is -0.146. The Balaban J connectivity index is 0.000000223. The van der Waals surface area contributed by atoms with Gasteiger partial charge in [0.2, 0.25) is 11.8 Å². The fourth-order valence-corrected chi connectivity index (χ4v) is 3.39. The third-order valence-corrected chi connectivity index (χ3v) is 5.05. The number of carbonyl (C=O) groups is 3. The van der Waals surface area contributed by atoms with Crippen LogP contribution >= 0.6 is 0 Å². The van der Waals surface area contributed by atoms with Crippen molar-refractivity contribution in [2.24, 2.45) is 11.1 Å². The second-order valence-electron chi connectivity index (χ2n) is 7.39. The molecule has 1 aromatic rings. The van der Waals surface area contributed by atoms with E-state index in [1.807, 2.05) is 31.2 Å². The summed E-state index contributed by atoms with van der Waals surface area (Å²) in [6, 6.07) is 9.92. The van der Waals surface area contributed by atoms with E-state index in [-0.39, 0.29) is 6.04 Å². The Morgan fingerprint density at radius 1 is 1.19 bits per heavy atom. The predicted octanol–water partition coefficient (Wildman–Crippen LogP) is 2.78. The minimum Gasteiger partial charge on any atom is -0.328 e. The standard InChI is InChI=1S/C12H16N2O3.C9H13N/c1-12(8-6-4-3-5-7-8)9(15)13-11(17)14(2)10(12)16;1-8(10)7-9-5-3-2-4-6-9/h6H,3-5,7H2,1-2H3,(H,13,15,17);2-6,8H,7,10H2,1H3. The molecule has 4 amide bonds. The lowest BCUT2D eigenvalue weighted by Gasteiger charge is -2.37. The van der Waals surface area contributed by atoms with Gasteiger partial charge in [0.1, 0.15) is 5.41 Å². The molecule has 2 aliphatic rings. The van der Waals surface area contributed by atoms with Crippen molar-refractivity contribution in [2.45, 2.75) is 52.0 Å². The number of amides is 4. The van der Waals surface area contributed by atoms with Crippen LogP contribution < -0.4 is 11.1 Å². The highest BCUT2D eigenvalue weighted by molar-refractivity contribution is 6.20. The van der Waals surface area contributed by atoms with Crippen molar-refractivity contribution in [3.8, 4) is 0 Å². The van der Waals surface area contributed by atoms with Crippen molar-refractivity contribution in [1.29, 1.82) is 0 Å². The summed E-state index contributed by atoms with van der Waals surface area (Å²) < 4.78 is 0. The summed E-state index contributed by atoms with van der Waals surface area (Å²) in [5, 5.41) is 2.23. The van der Waals surface area contributed by atoms with E-state index in [1.165, 1.54) is 12.6 Å². The van der Waals surface area contributed by atoms with Gasteiger partial charge in [-0.15, -0.1) is 0 Å². The number of hydrogen-bond acceptors (Lipinski definition) is 4. The molecule has 0 bridgehead atoms. The van der Waals surface area contributed by atoms with Crippen LogP contribution in [0.3, 0.4) is 0 Å². The number of rotatable bonds is 3. The zero-order valence-electron chi connectivity index (χ0n) is 16.3. The van der Waals surface area contributed by atoms with E-state index >= 15 is 0 Å². The van der Waals surface area contributed by atoms with Gasteiger partial charge in [0, 0.05) is 13.1 Å². The van der Waals surface area contributed by atoms with Gasteiger partial charge >= 0.3 is 6.03 Å². The van der Waals surface area contributed by atoms with Crippen molar-refractivity contribution >= 4 is 17.8 Å². The van der Waals surface area contributed by atoms with Crippen LogP contribution in [0.25, 0.3) is 0 Å². The third kappa shape index (κ3) is 4.83. The summed E-state index contributed by atoms with van der Waals surface area (Å²) in [6.07, 6.45) is 6.65. The quantitative estimate of drug-likeness (QED) is 0.631. The molecule has 3 rings (SSSR count). The summed E-state index contributed by atoms with van der Waals surface area (Å²) in [5.41, 5.74) is 6.57. The summed E-state index contributed by atoms with van der Waals surface area (Å²) in [4.78, 5) is 36.5. The molecule has 2 unspecified atom stereocenters. The number of nitrogens with zero attached hydrogens (tertiary/aromatic N) is 1. The normalized spacial score (nSPS) is 23.8. The maximum Gasteiger partial charge on any atom is 0.330 e. The van der Waals surface area contributed by atoms with Gasteiger partial charge < -0.3 is 5.73 Å². The minimum atomic E-state index is -1.21. The molecule has 0 spiro atoms. The fourth-order valence-electron chi connectivity index (χ4n) is 3.39. The van der Waals surface area contributed by atoms with Crippen LogP contribution in [0.5, 0.6) is 0 Å². The molecular weight excluding hydrogens is 342 g/mol. The van der Waals surface area contributed by atoms with Crippen molar-refractivity contribution in [3.05, 3.63) is 47.5 Å². The van der Waals surface area contributed by atoms with Crippen molar-refractivity contribution in [1.82, 2.24) is 10.2 Å². The molecule has 1 aromatic carbocycles. The number of barbiturate groups is 1. The van der Waals surface area contributed by atoms with E-state index in [2.05, 4.69) is 17.4 Å². The Hall–Kier alpha value is -2.47. The lowest BCUT2D eigenvalue weighted by atomic mass is 9.74. The second kappa shape index (κ2) is 8.95. The number of allylic oxidation sites excluding steroid dienone is 1. The Kier molecular flexibility index (Phi) is 6.91. The van der Waals surface area contributed by atoms with Crippen molar-refractivity contribution in [3.63, 3.8) is 0 Å². The maximum atomic E-state index is 12.2. The molecule has 27 heavy (non-hydrogen) atoms. The topological polar surface area (TPSA) is 92.5 Å². The summed E-state index contributed by atoms with van der Waals surface area (Å²) in [5.74, 6) is -0.932. The van der Waals surface area contributed by atoms with E-state index < -0.39 is 23.3 Å². The Morgan fingerprint density at radius 2 is 1.85 bits per heavy atom. The Labute approximate surface area is 160 Å². The molecule has 6 nitrogen and oxygen atoms in total. The van der Waals surface area contributed by atoms with Gasteiger partial charge in [0.05, 0.1) is 0 Å². The molecule has 2 atom stereocenters. The van der Waals surface area contributed by atoms with Crippen LogP contribution in [-0.2, 0) is 16.0 Å². The monoisotopic (exact) mass is 371 g/mol. The molecule has 1 aliphatic carbocycles. The SMILES string of the molecule is CC(N)Cc1ccccc1.CN1C(=O)NC(=O)C(C)(C2=CCCCC2)C1=O. The highest BCUT2D eigenvalue weighted by Gasteiger charge is 2.51. The van der Waals surface area contributed by atoms with Gasteiger partial charge in [-0.25, -0.2) is 4.79 Å². The number of benzene rings is 1. The van der Waals surface area contributed by atoms with E-state index in [0.717, 1.165) is 42.6 Å². The number of imide groups is 2. The van der Waals surface area contributed by atoms with Crippen LogP contribution in [0, 0.1) is 5.41 Å². The van der Waals surface area contributed by atoms with Gasteiger partial charge in [-0.3, -0.25) is 19.8 Å². The number of carbonyl (C=O) groups excluding carboxylic acids is 3. The average Bonchev–Trinajstić information content (AvgIpc) is 2.66. The zero-order valence-corrected chi connectivity index (χ0v) is 16.3. The smallest absolute Gasteiger partial charge is 0.328 e. The van der Waals surface area contributed by atoms with Crippen LogP contribution in [0.2, 0.25) is 0 Å². The second-order valence-corrected chi connectivity index (χ2v) is 7.39. The van der Waals surface area contributed by atoms with Crippen LogP contribution in [-0.4, -0.2) is 35.8 Å². The molecule has 1 saturated heterocycles. The number of nitrogens with one attached hydrogen (secondary N) is 1. The first-order valence-electron chi connectivity index (χ1n) is 9.39. The van der Waals surface area contributed by atoms with Crippen LogP contribution in [0.15, 0.2) is 42.0 Å². The van der Waals surface area contributed by atoms with E-state index in [9.17, 15) is 14.4 Å². The maximum absolute atomic E-state index is 12.2.